The average molecular weight is 345 g/mol. The van der Waals surface area contributed by atoms with Crippen molar-refractivity contribution in [2.45, 2.75) is 31.4 Å². The van der Waals surface area contributed by atoms with Crippen LogP contribution in [0.5, 0.6) is 5.88 Å². The van der Waals surface area contributed by atoms with E-state index in [9.17, 15) is 5.26 Å². The van der Waals surface area contributed by atoms with E-state index >= 15 is 0 Å². The van der Waals surface area contributed by atoms with Gasteiger partial charge in [0.05, 0.1) is 19.0 Å². The third kappa shape index (κ3) is 2.70. The van der Waals surface area contributed by atoms with Crippen LogP contribution >= 0.6 is 0 Å². The van der Waals surface area contributed by atoms with E-state index in [4.69, 9.17) is 19.4 Å². The van der Waals surface area contributed by atoms with E-state index < -0.39 is 0 Å². The van der Waals surface area contributed by atoms with Crippen LogP contribution < -0.4 is 4.74 Å². The fourth-order valence-corrected chi connectivity index (χ4v) is 3.62. The summed E-state index contributed by atoms with van der Waals surface area (Å²) in [7, 11) is 1.60. The average Bonchev–Trinajstić information content (AvgIpc) is 3.33. The predicted molar refractivity (Wildman–Crippen MR) is 94.9 cm³/mol. The summed E-state index contributed by atoms with van der Waals surface area (Å²) in [6.45, 7) is 0.0780. The lowest BCUT2D eigenvalue weighted by Crippen LogP contribution is -2.21. The highest BCUT2D eigenvalue weighted by Gasteiger charge is 2.28. The van der Waals surface area contributed by atoms with Gasteiger partial charge in [-0.25, -0.2) is 10.2 Å². The SMILES string of the molecule is COc1cc(C2CCCB(C#N)C2)nc2c(-c3coc(C#N)c3)cnn12. The second kappa shape index (κ2) is 6.57. The molecule has 1 fully saturated rings. The molecule has 3 aromatic heterocycles. The number of aromatic nitrogens is 3. The van der Waals surface area contributed by atoms with Crippen LogP contribution in [0.25, 0.3) is 16.8 Å². The molecule has 0 N–H and O–H groups in total. The Kier molecular flexibility index (Phi) is 4.10. The van der Waals surface area contributed by atoms with Crippen molar-refractivity contribution in [3.05, 3.63) is 36.0 Å². The second-order valence-corrected chi connectivity index (χ2v) is 6.52. The molecular weight excluding hydrogens is 329 g/mol. The number of rotatable bonds is 3. The Hall–Kier alpha value is -3.26. The van der Waals surface area contributed by atoms with Crippen LogP contribution in [0.3, 0.4) is 0 Å². The first kappa shape index (κ1) is 16.2. The lowest BCUT2D eigenvalue weighted by molar-refractivity contribution is 0.383. The van der Waals surface area contributed by atoms with Crippen LogP contribution in [0.2, 0.25) is 12.6 Å². The van der Waals surface area contributed by atoms with E-state index in [0.29, 0.717) is 11.5 Å². The summed E-state index contributed by atoms with van der Waals surface area (Å²) in [6.07, 6.45) is 7.03. The molecule has 0 bridgehead atoms. The van der Waals surface area contributed by atoms with E-state index in [1.165, 1.54) is 6.26 Å². The molecule has 26 heavy (non-hydrogen) atoms. The van der Waals surface area contributed by atoms with Gasteiger partial charge < -0.3 is 9.15 Å². The van der Waals surface area contributed by atoms with E-state index in [1.54, 1.807) is 23.9 Å². The van der Waals surface area contributed by atoms with Crippen molar-refractivity contribution in [2.24, 2.45) is 0 Å². The van der Waals surface area contributed by atoms with Gasteiger partial charge in [0.25, 0.3) is 6.71 Å². The van der Waals surface area contributed by atoms with Gasteiger partial charge in [0, 0.05) is 29.2 Å². The summed E-state index contributed by atoms with van der Waals surface area (Å²) >= 11 is 0. The Labute approximate surface area is 150 Å². The first-order chi connectivity index (χ1) is 12.7. The zero-order valence-corrected chi connectivity index (χ0v) is 14.3. The number of furan rings is 1. The molecule has 3 aromatic rings. The zero-order chi connectivity index (χ0) is 18.1. The van der Waals surface area contributed by atoms with Gasteiger partial charge in [-0.1, -0.05) is 19.1 Å². The molecule has 1 aliphatic heterocycles. The Morgan fingerprint density at radius 3 is 3.00 bits per heavy atom. The lowest BCUT2D eigenvalue weighted by atomic mass is 9.41. The Morgan fingerprint density at radius 2 is 2.27 bits per heavy atom. The van der Waals surface area contributed by atoms with Gasteiger partial charge in [-0.05, 0) is 12.3 Å². The van der Waals surface area contributed by atoms with Gasteiger partial charge in [-0.2, -0.15) is 14.9 Å². The number of nitrogens with zero attached hydrogens (tertiary/aromatic N) is 5. The fourth-order valence-electron chi connectivity index (χ4n) is 3.62. The maximum absolute atomic E-state index is 9.27. The topological polar surface area (TPSA) is 100 Å². The monoisotopic (exact) mass is 345 g/mol. The third-order valence-electron chi connectivity index (χ3n) is 4.96. The molecule has 0 aliphatic carbocycles. The number of hydrogen-bond donors (Lipinski definition) is 0. The molecule has 8 heteroatoms. The Morgan fingerprint density at radius 1 is 1.38 bits per heavy atom. The van der Waals surface area contributed by atoms with Crippen molar-refractivity contribution in [3.8, 4) is 29.0 Å². The van der Waals surface area contributed by atoms with Crippen molar-refractivity contribution < 1.29 is 9.15 Å². The highest BCUT2D eigenvalue weighted by Crippen LogP contribution is 2.35. The van der Waals surface area contributed by atoms with Crippen LogP contribution in [0.4, 0.5) is 0 Å². The number of ether oxygens (including phenoxy) is 1. The van der Waals surface area contributed by atoms with Gasteiger partial charge in [0.15, 0.2) is 5.65 Å². The molecule has 1 aliphatic rings. The van der Waals surface area contributed by atoms with Gasteiger partial charge in [0.2, 0.25) is 11.6 Å². The van der Waals surface area contributed by atoms with Gasteiger partial charge in [0.1, 0.15) is 12.3 Å². The molecule has 1 atom stereocenters. The maximum atomic E-state index is 9.27. The number of methoxy groups -OCH3 is 1. The highest BCUT2D eigenvalue weighted by atomic mass is 16.5. The summed E-state index contributed by atoms with van der Waals surface area (Å²) in [5, 5.41) is 22.6. The molecule has 4 rings (SSSR count). The van der Waals surface area contributed by atoms with E-state index in [-0.39, 0.29) is 18.4 Å². The molecule has 0 amide bonds. The number of fused-ring (bicyclic) bond motifs is 1. The first-order valence-corrected chi connectivity index (χ1v) is 8.54. The smallest absolute Gasteiger partial charge is 0.268 e. The summed E-state index contributed by atoms with van der Waals surface area (Å²) in [5.41, 5.74) is 3.11. The van der Waals surface area contributed by atoms with Crippen LogP contribution in [-0.2, 0) is 0 Å². The van der Waals surface area contributed by atoms with Gasteiger partial charge in [-0.3, -0.25) is 0 Å². The van der Waals surface area contributed by atoms with Crippen molar-refractivity contribution in [1.29, 1.82) is 10.5 Å². The molecule has 1 saturated heterocycles. The first-order valence-electron chi connectivity index (χ1n) is 8.54. The van der Waals surface area contributed by atoms with E-state index in [1.807, 2.05) is 12.1 Å². The van der Waals surface area contributed by atoms with E-state index in [0.717, 1.165) is 42.3 Å². The maximum Gasteiger partial charge on any atom is 0.268 e. The van der Waals surface area contributed by atoms with Gasteiger partial charge in [-0.15, -0.1) is 0 Å². The minimum absolute atomic E-state index is 0.0780. The van der Waals surface area contributed by atoms with Crippen LogP contribution in [0, 0.1) is 22.6 Å². The molecule has 0 spiro atoms. The van der Waals surface area contributed by atoms with Crippen LogP contribution in [0.1, 0.15) is 30.2 Å². The van der Waals surface area contributed by atoms with Crippen molar-refractivity contribution in [3.63, 3.8) is 0 Å². The second-order valence-electron chi connectivity index (χ2n) is 6.52. The number of hydrogen-bond acceptors (Lipinski definition) is 6. The quantitative estimate of drug-likeness (QED) is 0.675. The van der Waals surface area contributed by atoms with Crippen LogP contribution in [0.15, 0.2) is 29.0 Å². The Bertz CT molecular complexity index is 1040. The van der Waals surface area contributed by atoms with Gasteiger partial charge >= 0.3 is 0 Å². The highest BCUT2D eigenvalue weighted by molar-refractivity contribution is 6.67. The van der Waals surface area contributed by atoms with Crippen molar-refractivity contribution >= 4 is 12.4 Å². The molecule has 0 radical (unpaired) electrons. The summed E-state index contributed by atoms with van der Waals surface area (Å²) in [6, 6.07) is 5.56. The van der Waals surface area contributed by atoms with Crippen LogP contribution in [-0.4, -0.2) is 28.4 Å². The predicted octanol–water partition coefficient (Wildman–Crippen LogP) is 3.30. The molecule has 0 aromatic carbocycles. The minimum Gasteiger partial charge on any atom is -0.481 e. The number of nitriles is 2. The summed E-state index contributed by atoms with van der Waals surface area (Å²) in [4.78, 5) is 4.83. The third-order valence-corrected chi connectivity index (χ3v) is 4.96. The molecule has 4 heterocycles. The molecule has 7 nitrogen and oxygen atoms in total. The summed E-state index contributed by atoms with van der Waals surface area (Å²) < 4.78 is 12.4. The normalized spacial score (nSPS) is 17.0. The molecular formula is C18H16BN5O2. The largest absolute Gasteiger partial charge is 0.481 e. The molecule has 128 valence electrons. The zero-order valence-electron chi connectivity index (χ0n) is 14.3. The summed E-state index contributed by atoms with van der Waals surface area (Å²) in [5.74, 6) is 3.46. The fraction of sp³-hybridized carbons (Fsp3) is 0.333. The van der Waals surface area contributed by atoms with Crippen molar-refractivity contribution in [1.82, 2.24) is 14.6 Å². The van der Waals surface area contributed by atoms with Crippen molar-refractivity contribution in [2.75, 3.05) is 7.11 Å². The standard InChI is InChI=1S/C18H16BN5O2/c1-25-17-6-16(12-3-2-4-19(7-12)11-21)23-18-15(9-22-24(17)18)13-5-14(8-20)26-10-13/h5-6,9-10,12H,2-4,7H2,1H3. The van der Waals surface area contributed by atoms with E-state index in [2.05, 4.69) is 11.1 Å². The minimum atomic E-state index is 0.0780. The molecule has 1 unspecified atom stereocenters. The Balaban J connectivity index is 1.82. The lowest BCUT2D eigenvalue weighted by Gasteiger charge is -2.23. The molecule has 0 saturated carbocycles.